The zero-order valence-corrected chi connectivity index (χ0v) is 13.6. The number of hydrogen-bond acceptors (Lipinski definition) is 3. The zero-order valence-electron chi connectivity index (χ0n) is 13.6. The molecule has 2 rings (SSSR count). The number of nitrogens with one attached hydrogen (secondary N) is 1. The van der Waals surface area contributed by atoms with Crippen LogP contribution in [0.25, 0.3) is 0 Å². The molecule has 1 fully saturated rings. The lowest BCUT2D eigenvalue weighted by Gasteiger charge is -2.22. The molecule has 0 radical (unpaired) electrons. The van der Waals surface area contributed by atoms with Gasteiger partial charge in [0, 0.05) is 12.5 Å². The number of methoxy groups -OCH3 is 1. The number of ether oxygens (including phenoxy) is 1. The van der Waals surface area contributed by atoms with Crippen LogP contribution >= 0.6 is 0 Å². The fourth-order valence-corrected chi connectivity index (χ4v) is 3.12. The summed E-state index contributed by atoms with van der Waals surface area (Å²) in [6, 6.07) is 7.38. The number of carbonyl (C=O) groups excluding carboxylic acids is 1. The fourth-order valence-electron chi connectivity index (χ4n) is 3.12. The molecule has 1 aromatic rings. The summed E-state index contributed by atoms with van der Waals surface area (Å²) in [6.45, 7) is 0.155. The lowest BCUT2D eigenvalue weighted by Crippen LogP contribution is -2.38. The number of benzene rings is 1. The van der Waals surface area contributed by atoms with Crippen LogP contribution in [-0.2, 0) is 16.0 Å². The molecule has 1 atom stereocenters. The normalized spacial score (nSPS) is 16.6. The molecule has 23 heavy (non-hydrogen) atoms. The molecule has 126 valence electrons. The van der Waals surface area contributed by atoms with Crippen LogP contribution in [0.1, 0.15) is 37.7 Å². The molecule has 1 aliphatic rings. The molecular formula is C18H25NO4. The molecule has 1 aromatic carbocycles. The van der Waals surface area contributed by atoms with Gasteiger partial charge in [0.1, 0.15) is 5.75 Å². The average Bonchev–Trinajstić information content (AvgIpc) is 2.59. The van der Waals surface area contributed by atoms with E-state index in [1.165, 1.54) is 6.42 Å². The van der Waals surface area contributed by atoms with Gasteiger partial charge in [-0.15, -0.1) is 0 Å². The Morgan fingerprint density at radius 3 is 2.61 bits per heavy atom. The lowest BCUT2D eigenvalue weighted by molar-refractivity contribution is -0.141. The van der Waals surface area contributed by atoms with Gasteiger partial charge in [-0.2, -0.15) is 0 Å². The van der Waals surface area contributed by atoms with Crippen molar-refractivity contribution in [2.45, 2.75) is 38.5 Å². The first-order valence-electron chi connectivity index (χ1n) is 8.24. The van der Waals surface area contributed by atoms with Crippen LogP contribution in [0.4, 0.5) is 0 Å². The molecule has 0 saturated heterocycles. The van der Waals surface area contributed by atoms with Gasteiger partial charge in [-0.05, 0) is 30.9 Å². The molecule has 1 aliphatic carbocycles. The van der Waals surface area contributed by atoms with Crippen LogP contribution in [-0.4, -0.2) is 30.6 Å². The highest BCUT2D eigenvalue weighted by Crippen LogP contribution is 2.24. The third kappa shape index (κ3) is 4.98. The topological polar surface area (TPSA) is 75.6 Å². The van der Waals surface area contributed by atoms with E-state index in [1.807, 2.05) is 24.3 Å². The first kappa shape index (κ1) is 17.3. The molecule has 0 aromatic heterocycles. The third-order valence-corrected chi connectivity index (χ3v) is 4.51. The summed E-state index contributed by atoms with van der Waals surface area (Å²) in [5, 5.41) is 12.3. The molecule has 0 aliphatic heterocycles. The van der Waals surface area contributed by atoms with Gasteiger partial charge < -0.3 is 15.2 Å². The number of rotatable bonds is 7. The maximum atomic E-state index is 12.2. The number of para-hydroxylation sites is 1. The largest absolute Gasteiger partial charge is 0.496 e. The quantitative estimate of drug-likeness (QED) is 0.810. The van der Waals surface area contributed by atoms with Crippen molar-refractivity contribution in [1.29, 1.82) is 0 Å². The molecule has 2 N–H and O–H groups in total. The minimum absolute atomic E-state index is 0.00373. The van der Waals surface area contributed by atoms with E-state index in [1.54, 1.807) is 7.11 Å². The Balaban J connectivity index is 1.93. The summed E-state index contributed by atoms with van der Waals surface area (Å²) in [7, 11) is 1.57. The van der Waals surface area contributed by atoms with E-state index in [0.29, 0.717) is 12.2 Å². The second-order valence-corrected chi connectivity index (χ2v) is 6.13. The van der Waals surface area contributed by atoms with E-state index < -0.39 is 11.9 Å². The molecule has 1 saturated carbocycles. The van der Waals surface area contributed by atoms with Crippen LogP contribution in [0, 0.1) is 11.8 Å². The first-order valence-corrected chi connectivity index (χ1v) is 8.24. The van der Waals surface area contributed by atoms with Gasteiger partial charge in [-0.3, -0.25) is 9.59 Å². The lowest BCUT2D eigenvalue weighted by atomic mass is 9.88. The Kier molecular flexibility index (Phi) is 6.44. The van der Waals surface area contributed by atoms with Gasteiger partial charge in [-0.1, -0.05) is 37.5 Å². The number of carboxylic acid groups (broad SMARTS) is 1. The second-order valence-electron chi connectivity index (χ2n) is 6.13. The van der Waals surface area contributed by atoms with E-state index in [2.05, 4.69) is 5.32 Å². The van der Waals surface area contributed by atoms with Gasteiger partial charge >= 0.3 is 5.97 Å². The van der Waals surface area contributed by atoms with Crippen molar-refractivity contribution in [3.63, 3.8) is 0 Å². The summed E-state index contributed by atoms with van der Waals surface area (Å²) < 4.78 is 5.27. The number of carboxylic acids is 1. The van der Waals surface area contributed by atoms with Gasteiger partial charge in [-0.25, -0.2) is 0 Å². The minimum atomic E-state index is -0.903. The predicted octanol–water partition coefficient (Wildman–Crippen LogP) is 2.63. The van der Waals surface area contributed by atoms with E-state index in [0.717, 1.165) is 31.2 Å². The van der Waals surface area contributed by atoms with Crippen molar-refractivity contribution in [3.8, 4) is 5.75 Å². The van der Waals surface area contributed by atoms with Crippen LogP contribution in [0.2, 0.25) is 0 Å². The highest BCUT2D eigenvalue weighted by atomic mass is 16.5. The molecule has 0 spiro atoms. The maximum absolute atomic E-state index is 12.2. The summed E-state index contributed by atoms with van der Waals surface area (Å²) in [5.41, 5.74) is 0.842. The van der Waals surface area contributed by atoms with Crippen molar-refractivity contribution in [3.05, 3.63) is 29.8 Å². The van der Waals surface area contributed by atoms with Crippen LogP contribution in [0.3, 0.4) is 0 Å². The minimum Gasteiger partial charge on any atom is -0.496 e. The van der Waals surface area contributed by atoms with Crippen molar-refractivity contribution in [1.82, 2.24) is 5.32 Å². The molecule has 1 amide bonds. The Morgan fingerprint density at radius 2 is 1.96 bits per heavy atom. The van der Waals surface area contributed by atoms with Crippen LogP contribution < -0.4 is 10.1 Å². The second kappa shape index (κ2) is 8.56. The molecular weight excluding hydrogens is 294 g/mol. The Bertz CT molecular complexity index is 538. The average molecular weight is 319 g/mol. The Labute approximate surface area is 137 Å². The standard InChI is InChI=1S/C18H25NO4/c1-23-16-10-6-5-9-14(16)11-15(18(21)22)12-19-17(20)13-7-3-2-4-8-13/h5-6,9-10,13,15H,2-4,7-8,11-12H2,1H3,(H,19,20)(H,21,22). The van der Waals surface area contributed by atoms with E-state index in [-0.39, 0.29) is 18.4 Å². The van der Waals surface area contributed by atoms with E-state index in [4.69, 9.17) is 4.74 Å². The number of aliphatic carboxylic acids is 1. The molecule has 5 nitrogen and oxygen atoms in total. The van der Waals surface area contributed by atoms with Crippen molar-refractivity contribution < 1.29 is 19.4 Å². The molecule has 0 bridgehead atoms. The van der Waals surface area contributed by atoms with Gasteiger partial charge in [0.2, 0.25) is 5.91 Å². The predicted molar refractivity (Wildman–Crippen MR) is 87.4 cm³/mol. The van der Waals surface area contributed by atoms with Crippen LogP contribution in [0.15, 0.2) is 24.3 Å². The molecule has 0 heterocycles. The molecule has 5 heteroatoms. The van der Waals surface area contributed by atoms with Crippen LogP contribution in [0.5, 0.6) is 5.75 Å². The number of amides is 1. The Morgan fingerprint density at radius 1 is 1.26 bits per heavy atom. The summed E-state index contributed by atoms with van der Waals surface area (Å²) in [4.78, 5) is 23.7. The van der Waals surface area contributed by atoms with Crippen molar-refractivity contribution >= 4 is 11.9 Å². The van der Waals surface area contributed by atoms with E-state index >= 15 is 0 Å². The monoisotopic (exact) mass is 319 g/mol. The maximum Gasteiger partial charge on any atom is 0.308 e. The Hall–Kier alpha value is -2.04. The summed E-state index contributed by atoms with van der Waals surface area (Å²) in [5.74, 6) is -0.837. The highest BCUT2D eigenvalue weighted by molar-refractivity contribution is 5.79. The third-order valence-electron chi connectivity index (χ3n) is 4.51. The summed E-state index contributed by atoms with van der Waals surface area (Å²) in [6.07, 6.45) is 5.52. The summed E-state index contributed by atoms with van der Waals surface area (Å²) >= 11 is 0. The molecule has 1 unspecified atom stereocenters. The first-order chi connectivity index (χ1) is 11.1. The van der Waals surface area contributed by atoms with E-state index in [9.17, 15) is 14.7 Å². The van der Waals surface area contributed by atoms with Crippen molar-refractivity contribution in [2.24, 2.45) is 11.8 Å². The highest BCUT2D eigenvalue weighted by Gasteiger charge is 2.24. The fraction of sp³-hybridized carbons (Fsp3) is 0.556. The van der Waals surface area contributed by atoms with Crippen molar-refractivity contribution in [2.75, 3.05) is 13.7 Å². The smallest absolute Gasteiger partial charge is 0.308 e. The van der Waals surface area contributed by atoms with Gasteiger partial charge in [0.25, 0.3) is 0 Å². The number of hydrogen-bond donors (Lipinski definition) is 2. The SMILES string of the molecule is COc1ccccc1CC(CNC(=O)C1CCCCC1)C(=O)O. The van der Waals surface area contributed by atoms with Gasteiger partial charge in [0.05, 0.1) is 13.0 Å². The van der Waals surface area contributed by atoms with Gasteiger partial charge in [0.15, 0.2) is 0 Å². The zero-order chi connectivity index (χ0) is 16.7. The number of carbonyl (C=O) groups is 2.